The van der Waals surface area contributed by atoms with Crippen molar-refractivity contribution in [1.29, 1.82) is 0 Å². The molecule has 29 heavy (non-hydrogen) atoms. The first-order chi connectivity index (χ1) is 13.5. The Morgan fingerprint density at radius 3 is 2.62 bits per heavy atom. The molecule has 0 radical (unpaired) electrons. The minimum Gasteiger partial charge on any atom is -0.420 e. The number of alkyl halides is 2. The molecule has 156 valence electrons. The highest BCUT2D eigenvalue weighted by molar-refractivity contribution is 9.10. The summed E-state index contributed by atoms with van der Waals surface area (Å²) >= 11 is 4.63. The quantitative estimate of drug-likeness (QED) is 0.314. The predicted molar refractivity (Wildman–Crippen MR) is 113 cm³/mol. The normalized spacial score (nSPS) is 13.4. The molecule has 2 aromatic carbocycles. The third-order valence-electron chi connectivity index (χ3n) is 3.41. The van der Waals surface area contributed by atoms with Gasteiger partial charge in [-0.25, -0.2) is 13.0 Å². The van der Waals surface area contributed by atoms with Gasteiger partial charge in [-0.15, -0.1) is 11.8 Å². The van der Waals surface area contributed by atoms with Gasteiger partial charge in [0.05, 0.1) is 15.1 Å². The number of thioether (sulfide) groups is 1. The van der Waals surface area contributed by atoms with Gasteiger partial charge in [-0.2, -0.15) is 8.78 Å². The van der Waals surface area contributed by atoms with Gasteiger partial charge in [0.15, 0.2) is 9.84 Å². The minimum atomic E-state index is -5.03. The van der Waals surface area contributed by atoms with Crippen LogP contribution in [0.4, 0.5) is 8.78 Å². The Hall–Kier alpha value is -1.37. The number of hydrogen-bond acceptors (Lipinski definition) is 5. The largest absolute Gasteiger partial charge is 0.442 e. The SMILES string of the molecule is CS(=O)(=O)c1cccc(C#CCSCc2ccc(OP(=O)(O)C(F)F)c(Br)c2)c1. The number of hydrogen-bond donors (Lipinski definition) is 1. The maximum atomic E-state index is 12.5. The van der Waals surface area contributed by atoms with Crippen LogP contribution in [0.15, 0.2) is 51.8 Å². The molecule has 0 spiro atoms. The van der Waals surface area contributed by atoms with Crippen LogP contribution < -0.4 is 4.52 Å². The van der Waals surface area contributed by atoms with Crippen molar-refractivity contribution in [2.75, 3.05) is 12.0 Å². The lowest BCUT2D eigenvalue weighted by Crippen LogP contribution is -2.01. The van der Waals surface area contributed by atoms with Crippen molar-refractivity contribution in [2.45, 2.75) is 16.8 Å². The summed E-state index contributed by atoms with van der Waals surface area (Å²) in [6, 6.07) is 10.9. The van der Waals surface area contributed by atoms with Gasteiger partial charge >= 0.3 is 13.8 Å². The molecule has 1 N–H and O–H groups in total. The molecule has 0 bridgehead atoms. The van der Waals surface area contributed by atoms with Crippen molar-refractivity contribution in [3.8, 4) is 17.6 Å². The zero-order valence-corrected chi connectivity index (χ0v) is 19.1. The van der Waals surface area contributed by atoms with Crippen molar-refractivity contribution in [3.05, 3.63) is 58.1 Å². The molecule has 0 aromatic heterocycles. The van der Waals surface area contributed by atoms with Crippen molar-refractivity contribution < 1.29 is 31.2 Å². The van der Waals surface area contributed by atoms with E-state index in [2.05, 4.69) is 32.3 Å². The monoisotopic (exact) mass is 524 g/mol. The highest BCUT2D eigenvalue weighted by atomic mass is 79.9. The fourth-order valence-electron chi connectivity index (χ4n) is 2.05. The van der Waals surface area contributed by atoms with E-state index in [1.165, 1.54) is 30.0 Å². The molecule has 5 nitrogen and oxygen atoms in total. The highest BCUT2D eigenvalue weighted by Crippen LogP contribution is 2.50. The second-order valence-corrected chi connectivity index (χ2v) is 11.3. The van der Waals surface area contributed by atoms with Gasteiger partial charge in [-0.1, -0.05) is 24.0 Å². The van der Waals surface area contributed by atoms with Crippen LogP contribution in [0.1, 0.15) is 11.1 Å². The lowest BCUT2D eigenvalue weighted by molar-refractivity contribution is 0.188. The molecule has 2 aromatic rings. The van der Waals surface area contributed by atoms with Crippen LogP contribution in [0.25, 0.3) is 0 Å². The van der Waals surface area contributed by atoms with Crippen LogP contribution in [-0.4, -0.2) is 31.5 Å². The van der Waals surface area contributed by atoms with Crippen LogP contribution >= 0.6 is 35.3 Å². The van der Waals surface area contributed by atoms with E-state index in [9.17, 15) is 21.8 Å². The summed E-state index contributed by atoms with van der Waals surface area (Å²) in [6.45, 7) is 0. The van der Waals surface area contributed by atoms with Gasteiger partial charge in [0.2, 0.25) is 0 Å². The van der Waals surface area contributed by atoms with Crippen molar-refractivity contribution in [3.63, 3.8) is 0 Å². The summed E-state index contributed by atoms with van der Waals surface area (Å²) in [4.78, 5) is 9.32. The van der Waals surface area contributed by atoms with Gasteiger partial charge in [0, 0.05) is 17.6 Å². The van der Waals surface area contributed by atoms with E-state index in [1.807, 2.05) is 0 Å². The number of sulfone groups is 1. The maximum Gasteiger partial charge on any atom is 0.442 e. The van der Waals surface area contributed by atoms with Crippen LogP contribution in [0.2, 0.25) is 0 Å². The molecular formula is C18H16BrF2O5PS2. The smallest absolute Gasteiger partial charge is 0.420 e. The fraction of sp³-hybridized carbons (Fsp3) is 0.222. The van der Waals surface area contributed by atoms with E-state index >= 15 is 0 Å². The molecule has 0 fully saturated rings. The molecule has 0 aliphatic heterocycles. The summed E-state index contributed by atoms with van der Waals surface area (Å²) in [7, 11) is -8.31. The first-order valence-electron chi connectivity index (χ1n) is 7.94. The third-order valence-corrected chi connectivity index (χ3v) is 6.98. The van der Waals surface area contributed by atoms with Gasteiger partial charge in [0.1, 0.15) is 5.75 Å². The predicted octanol–water partition coefficient (Wildman–Crippen LogP) is 4.92. The van der Waals surface area contributed by atoms with Crippen LogP contribution in [-0.2, 0) is 20.2 Å². The van der Waals surface area contributed by atoms with Crippen molar-refractivity contribution in [2.24, 2.45) is 0 Å². The third kappa shape index (κ3) is 7.43. The van der Waals surface area contributed by atoms with Crippen LogP contribution in [0.3, 0.4) is 0 Å². The molecule has 2 rings (SSSR count). The summed E-state index contributed by atoms with van der Waals surface area (Å²) in [5, 5.41) is 0. The average Bonchev–Trinajstić information content (AvgIpc) is 2.63. The average molecular weight is 525 g/mol. The van der Waals surface area contributed by atoms with E-state index < -0.39 is 23.6 Å². The molecule has 0 saturated heterocycles. The Labute approximate surface area is 180 Å². The highest BCUT2D eigenvalue weighted by Gasteiger charge is 2.34. The molecule has 1 unspecified atom stereocenters. The lowest BCUT2D eigenvalue weighted by Gasteiger charge is -2.14. The summed E-state index contributed by atoms with van der Waals surface area (Å²) in [5.41, 5.74) is 1.44. The van der Waals surface area contributed by atoms with Crippen molar-refractivity contribution in [1.82, 2.24) is 0 Å². The summed E-state index contributed by atoms with van der Waals surface area (Å²) in [6.07, 6.45) is -2.35. The zero-order chi connectivity index (χ0) is 21.7. The first kappa shape index (κ1) is 23.9. The lowest BCUT2D eigenvalue weighted by atomic mass is 10.2. The van der Waals surface area contributed by atoms with Gasteiger partial charge < -0.3 is 9.42 Å². The second kappa shape index (κ2) is 10.1. The van der Waals surface area contributed by atoms with E-state index in [0.29, 0.717) is 17.1 Å². The Morgan fingerprint density at radius 1 is 1.28 bits per heavy atom. The Kier molecular flexibility index (Phi) is 8.32. The Morgan fingerprint density at radius 2 is 2.00 bits per heavy atom. The fourth-order valence-corrected chi connectivity index (χ4v) is 4.56. The Bertz CT molecular complexity index is 1100. The van der Waals surface area contributed by atoms with Crippen LogP contribution in [0.5, 0.6) is 5.75 Å². The molecule has 0 aliphatic carbocycles. The molecular weight excluding hydrogens is 509 g/mol. The van der Waals surface area contributed by atoms with Crippen LogP contribution in [0, 0.1) is 11.8 Å². The van der Waals surface area contributed by atoms with Gasteiger partial charge in [-0.05, 0) is 51.8 Å². The zero-order valence-electron chi connectivity index (χ0n) is 15.0. The number of halogens is 3. The number of benzene rings is 2. The molecule has 1 atom stereocenters. The standard InChI is InChI=1S/C18H16BrF2O5PS2/c1-29(24,25)15-6-2-4-13(10-15)5-3-9-28-12-14-7-8-17(16(19)11-14)26-27(22,23)18(20)21/h2,4,6-8,10-11,18H,9,12H2,1H3,(H,22,23). The molecule has 0 amide bonds. The molecule has 11 heteroatoms. The van der Waals surface area contributed by atoms with Gasteiger partial charge in [-0.3, -0.25) is 0 Å². The number of rotatable bonds is 7. The van der Waals surface area contributed by atoms with Gasteiger partial charge in [0.25, 0.3) is 0 Å². The van der Waals surface area contributed by atoms with E-state index in [-0.39, 0.29) is 15.1 Å². The van der Waals surface area contributed by atoms with E-state index in [0.717, 1.165) is 11.8 Å². The first-order valence-corrected chi connectivity index (χ1v) is 13.4. The second-order valence-electron chi connectivity index (χ2n) is 5.79. The molecule has 0 saturated carbocycles. The topological polar surface area (TPSA) is 80.7 Å². The molecule has 0 aliphatic rings. The van der Waals surface area contributed by atoms with Crippen molar-refractivity contribution >= 4 is 45.1 Å². The minimum absolute atomic E-state index is 0.143. The van der Waals surface area contributed by atoms with E-state index in [1.54, 1.807) is 24.3 Å². The summed E-state index contributed by atoms with van der Waals surface area (Å²) in [5.74, 6) is 6.75. The van der Waals surface area contributed by atoms with E-state index in [4.69, 9.17) is 4.89 Å². The summed E-state index contributed by atoms with van der Waals surface area (Å²) < 4.78 is 64.1. The molecule has 0 heterocycles. The Balaban J connectivity index is 1.93. The maximum absolute atomic E-state index is 12.5.